The molecule has 0 saturated carbocycles. The number of aliphatic hydroxyl groups excluding tert-OH is 1. The molecule has 7 heteroatoms. The van der Waals surface area contributed by atoms with Crippen LogP contribution in [0.25, 0.3) is 32.9 Å². The highest BCUT2D eigenvalue weighted by Crippen LogP contribution is 2.42. The van der Waals surface area contributed by atoms with Crippen LogP contribution in [-0.2, 0) is 6.54 Å². The van der Waals surface area contributed by atoms with Crippen LogP contribution in [-0.4, -0.2) is 32.7 Å². The van der Waals surface area contributed by atoms with Crippen molar-refractivity contribution in [1.82, 2.24) is 9.88 Å². The van der Waals surface area contributed by atoms with Gasteiger partial charge in [-0.2, -0.15) is 0 Å². The van der Waals surface area contributed by atoms with E-state index in [9.17, 15) is 19.8 Å². The molecule has 150 valence electrons. The lowest BCUT2D eigenvalue weighted by molar-refractivity contribution is 0.0880. The Balaban J connectivity index is 2.01. The van der Waals surface area contributed by atoms with Gasteiger partial charge in [-0.25, -0.2) is 0 Å². The summed E-state index contributed by atoms with van der Waals surface area (Å²) < 4.78 is 1.89. The molecule has 2 heterocycles. The van der Waals surface area contributed by atoms with Crippen LogP contribution in [0.5, 0.6) is 5.75 Å². The average Bonchev–Trinajstić information content (AvgIpc) is 3.15. The number of fused-ring (bicyclic) bond motifs is 5. The topological polar surface area (TPSA) is 91.6 Å². The summed E-state index contributed by atoms with van der Waals surface area (Å²) in [7, 11) is 0. The predicted octanol–water partition coefficient (Wildman–Crippen LogP) is 4.08. The monoisotopic (exact) mass is 420 g/mol. The molecule has 1 aromatic heterocycles. The molecule has 2 amide bonds. The van der Waals surface area contributed by atoms with Gasteiger partial charge in [-0.15, -0.1) is 0 Å². The molecule has 1 atom stereocenters. The molecule has 5 rings (SSSR count). The second-order valence-electron chi connectivity index (χ2n) is 7.49. The Bertz CT molecular complexity index is 1390. The van der Waals surface area contributed by atoms with Crippen molar-refractivity contribution in [3.8, 4) is 16.9 Å². The van der Waals surface area contributed by atoms with E-state index in [0.29, 0.717) is 32.4 Å². The third-order valence-corrected chi connectivity index (χ3v) is 5.76. The lowest BCUT2D eigenvalue weighted by atomic mass is 9.93. The molecule has 0 bridgehead atoms. The van der Waals surface area contributed by atoms with Crippen molar-refractivity contribution < 1.29 is 19.8 Å². The van der Waals surface area contributed by atoms with Crippen LogP contribution in [0.1, 0.15) is 27.6 Å². The number of nitrogens with zero attached hydrogens (tertiary/aromatic N) is 1. The molecule has 0 aliphatic carbocycles. The minimum absolute atomic E-state index is 0.0484. The normalized spacial score (nSPS) is 14.4. The van der Waals surface area contributed by atoms with Crippen molar-refractivity contribution in [1.29, 1.82) is 0 Å². The van der Waals surface area contributed by atoms with Gasteiger partial charge in [-0.05, 0) is 42.8 Å². The molecule has 0 radical (unpaired) electrons. The van der Waals surface area contributed by atoms with Crippen LogP contribution in [0.15, 0.2) is 48.5 Å². The van der Waals surface area contributed by atoms with Gasteiger partial charge in [0.25, 0.3) is 11.8 Å². The smallest absolute Gasteiger partial charge is 0.259 e. The van der Waals surface area contributed by atoms with Crippen molar-refractivity contribution in [2.45, 2.75) is 19.6 Å². The largest absolute Gasteiger partial charge is 0.508 e. The first-order chi connectivity index (χ1) is 14.4. The fraction of sp³-hybridized carbons (Fsp3) is 0.130. The first-order valence-electron chi connectivity index (χ1n) is 9.47. The Hall–Kier alpha value is -3.35. The van der Waals surface area contributed by atoms with E-state index in [1.807, 2.05) is 16.7 Å². The number of hydrogen-bond acceptors (Lipinski definition) is 4. The van der Waals surface area contributed by atoms with Crippen LogP contribution in [0.3, 0.4) is 0 Å². The quantitative estimate of drug-likeness (QED) is 0.435. The molecule has 30 heavy (non-hydrogen) atoms. The van der Waals surface area contributed by atoms with E-state index in [2.05, 4.69) is 5.32 Å². The molecule has 3 aromatic carbocycles. The minimum Gasteiger partial charge on any atom is -0.508 e. The van der Waals surface area contributed by atoms with Gasteiger partial charge in [0, 0.05) is 33.4 Å². The van der Waals surface area contributed by atoms with Gasteiger partial charge in [-0.1, -0.05) is 29.8 Å². The van der Waals surface area contributed by atoms with E-state index < -0.39 is 17.9 Å². The van der Waals surface area contributed by atoms with Crippen molar-refractivity contribution in [2.75, 3.05) is 0 Å². The number of imide groups is 1. The number of amides is 2. The zero-order valence-corrected chi connectivity index (χ0v) is 16.7. The number of phenolic OH excluding ortho intramolecular Hbond substituents is 1. The number of carbonyl (C=O) groups excluding carboxylic acids is 2. The Morgan fingerprint density at radius 1 is 1.00 bits per heavy atom. The van der Waals surface area contributed by atoms with Crippen LogP contribution in [0.2, 0.25) is 5.02 Å². The Labute approximate surface area is 176 Å². The second-order valence-corrected chi connectivity index (χ2v) is 7.90. The van der Waals surface area contributed by atoms with E-state index >= 15 is 0 Å². The van der Waals surface area contributed by atoms with E-state index in [1.54, 1.807) is 43.3 Å². The maximum absolute atomic E-state index is 12.8. The van der Waals surface area contributed by atoms with Crippen molar-refractivity contribution in [2.24, 2.45) is 0 Å². The Morgan fingerprint density at radius 2 is 1.73 bits per heavy atom. The van der Waals surface area contributed by atoms with Crippen LogP contribution in [0.4, 0.5) is 0 Å². The summed E-state index contributed by atoms with van der Waals surface area (Å²) in [4.78, 5) is 25.6. The average molecular weight is 421 g/mol. The summed E-state index contributed by atoms with van der Waals surface area (Å²) in [5.41, 5.74) is 3.13. The number of phenols is 1. The fourth-order valence-electron chi connectivity index (χ4n) is 4.29. The highest BCUT2D eigenvalue weighted by atomic mass is 35.5. The number of rotatable bonds is 3. The molecule has 0 spiro atoms. The zero-order valence-electron chi connectivity index (χ0n) is 15.9. The summed E-state index contributed by atoms with van der Waals surface area (Å²) in [5, 5.41) is 24.2. The number of benzene rings is 3. The highest BCUT2D eigenvalue weighted by molar-refractivity contribution is 6.36. The number of carbonyl (C=O) groups is 2. The molecule has 6 nitrogen and oxygen atoms in total. The highest BCUT2D eigenvalue weighted by Gasteiger charge is 2.35. The molecule has 4 aromatic rings. The number of aliphatic hydroxyl groups is 1. The van der Waals surface area contributed by atoms with Crippen molar-refractivity contribution in [3.63, 3.8) is 0 Å². The lowest BCUT2D eigenvalue weighted by Gasteiger charge is -2.13. The summed E-state index contributed by atoms with van der Waals surface area (Å²) >= 11 is 6.42. The standard InChI is InChI=1S/C23H17ClN2O4/c1-11(27)10-26-17-7-6-12(28)8-15(17)19-18(26)9-14(13-4-2-3-5-16(13)24)20-21(19)23(30)25-22(20)29/h2-9,11,27-28H,10H2,1H3,(H,25,29,30). The predicted molar refractivity (Wildman–Crippen MR) is 115 cm³/mol. The van der Waals surface area contributed by atoms with Crippen molar-refractivity contribution in [3.05, 3.63) is 64.7 Å². The van der Waals surface area contributed by atoms with E-state index in [0.717, 1.165) is 5.52 Å². The lowest BCUT2D eigenvalue weighted by Crippen LogP contribution is -2.20. The molecule has 0 saturated heterocycles. The Morgan fingerprint density at radius 3 is 2.47 bits per heavy atom. The fourth-order valence-corrected chi connectivity index (χ4v) is 4.53. The summed E-state index contributed by atoms with van der Waals surface area (Å²) in [6, 6.07) is 13.8. The summed E-state index contributed by atoms with van der Waals surface area (Å²) in [5.74, 6) is -0.927. The minimum atomic E-state index is -0.648. The van der Waals surface area contributed by atoms with E-state index in [-0.39, 0.29) is 23.4 Å². The van der Waals surface area contributed by atoms with Gasteiger partial charge in [-0.3, -0.25) is 14.9 Å². The molecule has 1 aliphatic rings. The van der Waals surface area contributed by atoms with E-state index in [1.165, 1.54) is 0 Å². The number of nitrogens with one attached hydrogen (secondary N) is 1. The first kappa shape index (κ1) is 18.7. The van der Waals surface area contributed by atoms with E-state index in [4.69, 9.17) is 11.6 Å². The molecule has 0 fully saturated rings. The summed E-state index contributed by atoms with van der Waals surface area (Å²) in [6.07, 6.45) is -0.648. The van der Waals surface area contributed by atoms with Gasteiger partial charge < -0.3 is 14.8 Å². The molecular formula is C23H17ClN2O4. The SMILES string of the molecule is CC(O)Cn1c2ccc(O)cc2c2c3c(c(-c4ccccc4Cl)cc21)C(=O)NC3=O. The van der Waals surface area contributed by atoms with Crippen LogP contribution >= 0.6 is 11.6 Å². The summed E-state index contributed by atoms with van der Waals surface area (Å²) in [6.45, 7) is 1.96. The van der Waals surface area contributed by atoms with Crippen LogP contribution < -0.4 is 5.32 Å². The van der Waals surface area contributed by atoms with Crippen molar-refractivity contribution >= 4 is 45.2 Å². The maximum Gasteiger partial charge on any atom is 0.259 e. The second kappa shape index (κ2) is 6.58. The van der Waals surface area contributed by atoms with Gasteiger partial charge in [0.1, 0.15) is 5.75 Å². The number of aromatic hydroxyl groups is 1. The number of halogens is 1. The number of aromatic nitrogens is 1. The van der Waals surface area contributed by atoms with Gasteiger partial charge in [0.15, 0.2) is 0 Å². The van der Waals surface area contributed by atoms with Gasteiger partial charge in [0.05, 0.1) is 22.7 Å². The third kappa shape index (κ3) is 2.61. The molecular weight excluding hydrogens is 404 g/mol. The van der Waals surface area contributed by atoms with Crippen LogP contribution in [0, 0.1) is 0 Å². The molecule has 1 unspecified atom stereocenters. The van der Waals surface area contributed by atoms with Gasteiger partial charge >= 0.3 is 0 Å². The number of hydrogen-bond donors (Lipinski definition) is 3. The molecule has 1 aliphatic heterocycles. The Kier molecular flexibility index (Phi) is 4.10. The maximum atomic E-state index is 12.8. The molecule has 3 N–H and O–H groups in total. The first-order valence-corrected chi connectivity index (χ1v) is 9.85. The zero-order chi connectivity index (χ0) is 21.2. The van der Waals surface area contributed by atoms with Gasteiger partial charge in [0.2, 0.25) is 0 Å². The third-order valence-electron chi connectivity index (χ3n) is 5.43.